The van der Waals surface area contributed by atoms with Crippen molar-refractivity contribution in [3.8, 4) is 5.75 Å². The fourth-order valence-corrected chi connectivity index (χ4v) is 3.18. The molecule has 0 atom stereocenters. The van der Waals surface area contributed by atoms with Gasteiger partial charge in [-0.25, -0.2) is 0 Å². The maximum Gasteiger partial charge on any atom is 0.258 e. The van der Waals surface area contributed by atoms with E-state index in [1.54, 1.807) is 0 Å². The fraction of sp³-hybridized carbons (Fsp3) is 0.391. The first-order chi connectivity index (χ1) is 13.2. The lowest BCUT2D eigenvalue weighted by atomic mass is 10.0. The van der Waals surface area contributed by atoms with Crippen molar-refractivity contribution in [1.82, 2.24) is 5.32 Å². The van der Waals surface area contributed by atoms with Gasteiger partial charge in [0.15, 0.2) is 6.61 Å². The van der Waals surface area contributed by atoms with Gasteiger partial charge in [-0.05, 0) is 61.9 Å². The number of rotatable bonds is 7. The summed E-state index contributed by atoms with van der Waals surface area (Å²) in [5.74, 6) is 0.413. The number of aryl methyl sites for hydroxylation is 4. The molecule has 5 nitrogen and oxygen atoms in total. The van der Waals surface area contributed by atoms with Gasteiger partial charge in [0, 0.05) is 5.69 Å². The third-order valence-corrected chi connectivity index (χ3v) is 4.54. The largest absolute Gasteiger partial charge is 0.483 e. The van der Waals surface area contributed by atoms with Crippen molar-refractivity contribution in [2.45, 2.75) is 47.5 Å². The molecule has 0 aromatic heterocycles. The van der Waals surface area contributed by atoms with Crippen molar-refractivity contribution in [1.29, 1.82) is 0 Å². The monoisotopic (exact) mass is 382 g/mol. The predicted octanol–water partition coefficient (Wildman–Crippen LogP) is 4.18. The van der Waals surface area contributed by atoms with Gasteiger partial charge < -0.3 is 15.4 Å². The summed E-state index contributed by atoms with van der Waals surface area (Å²) in [6.07, 6.45) is 0. The second-order valence-electron chi connectivity index (χ2n) is 7.58. The summed E-state index contributed by atoms with van der Waals surface area (Å²) < 4.78 is 5.70. The molecule has 150 valence electrons. The second kappa shape index (κ2) is 9.40. The minimum atomic E-state index is -0.330. The molecular weight excluding hydrogens is 352 g/mol. The van der Waals surface area contributed by atoms with Crippen molar-refractivity contribution >= 4 is 17.5 Å². The quantitative estimate of drug-likeness (QED) is 0.755. The van der Waals surface area contributed by atoms with Gasteiger partial charge in [0.2, 0.25) is 5.91 Å². The standard InChI is InChI=1S/C23H30N2O3/c1-14(2)19-8-7-15(3)11-20(19)28-13-22(27)24-12-21(26)25-23-17(5)9-16(4)10-18(23)6/h7-11,14H,12-13H2,1-6H3,(H,24,27)(H,25,26). The van der Waals surface area contributed by atoms with E-state index < -0.39 is 0 Å². The van der Waals surface area contributed by atoms with Crippen LogP contribution in [-0.4, -0.2) is 25.0 Å². The van der Waals surface area contributed by atoms with E-state index in [2.05, 4.69) is 24.5 Å². The average Bonchev–Trinajstić information content (AvgIpc) is 2.61. The first-order valence-corrected chi connectivity index (χ1v) is 9.55. The van der Waals surface area contributed by atoms with Crippen LogP contribution in [0.1, 0.15) is 47.6 Å². The first kappa shape index (κ1) is 21.5. The Balaban J connectivity index is 1.88. The van der Waals surface area contributed by atoms with Crippen molar-refractivity contribution in [3.63, 3.8) is 0 Å². The molecule has 0 radical (unpaired) electrons. The van der Waals surface area contributed by atoms with Gasteiger partial charge in [-0.1, -0.05) is 43.7 Å². The first-order valence-electron chi connectivity index (χ1n) is 9.55. The third-order valence-electron chi connectivity index (χ3n) is 4.54. The normalized spacial score (nSPS) is 10.7. The number of carbonyl (C=O) groups is 2. The van der Waals surface area contributed by atoms with E-state index in [1.165, 1.54) is 0 Å². The van der Waals surface area contributed by atoms with Crippen LogP contribution in [-0.2, 0) is 9.59 Å². The highest BCUT2D eigenvalue weighted by atomic mass is 16.5. The minimum absolute atomic E-state index is 0.0974. The van der Waals surface area contributed by atoms with Gasteiger partial charge in [0.05, 0.1) is 6.54 Å². The Kier molecular flexibility index (Phi) is 7.21. The molecule has 2 aromatic carbocycles. The second-order valence-corrected chi connectivity index (χ2v) is 7.58. The van der Waals surface area contributed by atoms with Crippen LogP contribution in [0.15, 0.2) is 30.3 Å². The average molecular weight is 383 g/mol. The molecule has 0 heterocycles. The van der Waals surface area contributed by atoms with Gasteiger partial charge in [-0.3, -0.25) is 9.59 Å². The number of anilines is 1. The summed E-state index contributed by atoms with van der Waals surface area (Å²) in [4.78, 5) is 24.3. The topological polar surface area (TPSA) is 67.4 Å². The van der Waals surface area contributed by atoms with E-state index in [0.29, 0.717) is 11.7 Å². The van der Waals surface area contributed by atoms with Crippen molar-refractivity contribution < 1.29 is 14.3 Å². The number of hydrogen-bond donors (Lipinski definition) is 2. The Hall–Kier alpha value is -2.82. The van der Waals surface area contributed by atoms with Gasteiger partial charge >= 0.3 is 0 Å². The molecule has 0 aliphatic carbocycles. The Bertz CT molecular complexity index is 849. The lowest BCUT2D eigenvalue weighted by Gasteiger charge is -2.15. The van der Waals surface area contributed by atoms with Gasteiger partial charge in [0.1, 0.15) is 5.75 Å². The maximum absolute atomic E-state index is 12.2. The van der Waals surface area contributed by atoms with E-state index in [4.69, 9.17) is 4.74 Å². The molecule has 0 aliphatic rings. The lowest BCUT2D eigenvalue weighted by molar-refractivity contribution is -0.125. The Labute approximate surface area is 167 Å². The Morgan fingerprint density at radius 2 is 1.57 bits per heavy atom. The summed E-state index contributed by atoms with van der Waals surface area (Å²) >= 11 is 0. The Morgan fingerprint density at radius 3 is 2.18 bits per heavy atom. The molecule has 2 rings (SSSR count). The van der Waals surface area contributed by atoms with E-state index >= 15 is 0 Å². The third kappa shape index (κ3) is 5.84. The van der Waals surface area contributed by atoms with Crippen LogP contribution < -0.4 is 15.4 Å². The molecule has 0 saturated heterocycles. The number of amides is 2. The highest BCUT2D eigenvalue weighted by Crippen LogP contribution is 2.27. The molecule has 0 fully saturated rings. The molecular formula is C23H30N2O3. The number of benzene rings is 2. The van der Waals surface area contributed by atoms with Crippen LogP contribution in [0.25, 0.3) is 0 Å². The van der Waals surface area contributed by atoms with Crippen LogP contribution in [0, 0.1) is 27.7 Å². The molecule has 0 aliphatic heterocycles. The summed E-state index contributed by atoms with van der Waals surface area (Å²) in [5.41, 5.74) is 6.07. The minimum Gasteiger partial charge on any atom is -0.483 e. The predicted molar refractivity (Wildman–Crippen MR) is 113 cm³/mol. The van der Waals surface area contributed by atoms with Crippen molar-refractivity contribution in [2.24, 2.45) is 0 Å². The summed E-state index contributed by atoms with van der Waals surface area (Å²) in [5, 5.41) is 5.48. The number of hydrogen-bond acceptors (Lipinski definition) is 3. The Morgan fingerprint density at radius 1 is 0.929 bits per heavy atom. The van der Waals surface area contributed by atoms with Crippen LogP contribution in [0.2, 0.25) is 0 Å². The van der Waals surface area contributed by atoms with E-state index in [0.717, 1.165) is 33.5 Å². The van der Waals surface area contributed by atoms with Gasteiger partial charge in [0.25, 0.3) is 5.91 Å². The smallest absolute Gasteiger partial charge is 0.258 e. The number of carbonyl (C=O) groups excluding carboxylic acids is 2. The molecule has 0 bridgehead atoms. The summed E-state index contributed by atoms with van der Waals surface area (Å²) in [7, 11) is 0. The van der Waals surface area contributed by atoms with Crippen molar-refractivity contribution in [2.75, 3.05) is 18.5 Å². The molecule has 0 unspecified atom stereocenters. The van der Waals surface area contributed by atoms with Crippen LogP contribution >= 0.6 is 0 Å². The number of ether oxygens (including phenoxy) is 1. The molecule has 0 spiro atoms. The molecule has 28 heavy (non-hydrogen) atoms. The van der Waals surface area contributed by atoms with E-state index in [-0.39, 0.29) is 25.0 Å². The van der Waals surface area contributed by atoms with E-state index in [1.807, 2.05) is 58.0 Å². The SMILES string of the molecule is Cc1cc(C)c(NC(=O)CNC(=O)COc2cc(C)ccc2C(C)C)c(C)c1. The van der Waals surface area contributed by atoms with Crippen molar-refractivity contribution in [3.05, 3.63) is 58.1 Å². The molecule has 2 N–H and O–H groups in total. The van der Waals surface area contributed by atoms with Gasteiger partial charge in [-0.15, -0.1) is 0 Å². The fourth-order valence-electron chi connectivity index (χ4n) is 3.18. The molecule has 2 aromatic rings. The highest BCUT2D eigenvalue weighted by molar-refractivity contribution is 5.95. The summed E-state index contributed by atoms with van der Waals surface area (Å²) in [6, 6.07) is 10.0. The summed E-state index contributed by atoms with van der Waals surface area (Å²) in [6.45, 7) is 11.8. The molecule has 5 heteroatoms. The molecule has 2 amide bonds. The zero-order valence-corrected chi connectivity index (χ0v) is 17.6. The zero-order valence-electron chi connectivity index (χ0n) is 17.6. The maximum atomic E-state index is 12.2. The van der Waals surface area contributed by atoms with E-state index in [9.17, 15) is 9.59 Å². The van der Waals surface area contributed by atoms with Crippen LogP contribution in [0.4, 0.5) is 5.69 Å². The zero-order chi connectivity index (χ0) is 20.8. The highest BCUT2D eigenvalue weighted by Gasteiger charge is 2.12. The number of nitrogens with one attached hydrogen (secondary N) is 2. The lowest BCUT2D eigenvalue weighted by Crippen LogP contribution is -2.36. The van der Waals surface area contributed by atoms with Crippen LogP contribution in [0.3, 0.4) is 0 Å². The van der Waals surface area contributed by atoms with Gasteiger partial charge in [-0.2, -0.15) is 0 Å². The van der Waals surface area contributed by atoms with Crippen LogP contribution in [0.5, 0.6) is 5.75 Å². The molecule has 0 saturated carbocycles.